The highest BCUT2D eigenvalue weighted by atomic mass is 35.5. The van der Waals surface area contributed by atoms with Gasteiger partial charge in [-0.05, 0) is 31.0 Å². The first kappa shape index (κ1) is 17.9. The van der Waals surface area contributed by atoms with Gasteiger partial charge in [-0.1, -0.05) is 23.2 Å². The first-order chi connectivity index (χ1) is 11.2. The van der Waals surface area contributed by atoms with Gasteiger partial charge in [0.15, 0.2) is 0 Å². The number of hydrogen-bond acceptors (Lipinski definition) is 4. The van der Waals surface area contributed by atoms with Gasteiger partial charge in [-0.15, -0.1) is 0 Å². The van der Waals surface area contributed by atoms with E-state index in [0.717, 1.165) is 0 Å². The van der Waals surface area contributed by atoms with Crippen molar-refractivity contribution in [2.45, 2.75) is 18.2 Å². The molecule has 132 valence electrons. The van der Waals surface area contributed by atoms with Crippen LogP contribution in [0.4, 0.5) is 0 Å². The van der Waals surface area contributed by atoms with Gasteiger partial charge in [0.05, 0.1) is 17.0 Å². The average molecular weight is 394 g/mol. The summed E-state index contributed by atoms with van der Waals surface area (Å²) in [6.07, 6.45) is 0.298. The monoisotopic (exact) mass is 393 g/mol. The number of nitrogens with zero attached hydrogens (tertiary/aromatic N) is 1. The van der Waals surface area contributed by atoms with Crippen molar-refractivity contribution >= 4 is 39.2 Å². The lowest BCUT2D eigenvalue weighted by molar-refractivity contribution is -0.157. The molecule has 6 nitrogen and oxygen atoms in total. The number of sulfonamides is 1. The van der Waals surface area contributed by atoms with Crippen molar-refractivity contribution < 1.29 is 23.1 Å². The van der Waals surface area contributed by atoms with E-state index >= 15 is 0 Å². The Morgan fingerprint density at radius 2 is 2.12 bits per heavy atom. The lowest BCUT2D eigenvalue weighted by Gasteiger charge is -2.34. The Bertz CT molecular complexity index is 797. The summed E-state index contributed by atoms with van der Waals surface area (Å²) in [6.45, 7) is 2.23. The van der Waals surface area contributed by atoms with E-state index in [-0.39, 0.29) is 35.5 Å². The number of carboxylic acid groups (broad SMARTS) is 1. The molecule has 1 aromatic rings. The minimum atomic E-state index is -3.91. The molecule has 0 spiro atoms. The van der Waals surface area contributed by atoms with Crippen molar-refractivity contribution in [3.63, 3.8) is 0 Å². The van der Waals surface area contributed by atoms with E-state index < -0.39 is 21.4 Å². The second kappa shape index (κ2) is 6.14. The Morgan fingerprint density at radius 1 is 1.42 bits per heavy atom. The third-order valence-electron chi connectivity index (χ3n) is 5.00. The summed E-state index contributed by atoms with van der Waals surface area (Å²) in [5.74, 6) is -1.35. The smallest absolute Gasteiger partial charge is 0.311 e. The van der Waals surface area contributed by atoms with Gasteiger partial charge < -0.3 is 9.84 Å². The Kier molecular flexibility index (Phi) is 4.59. The zero-order valence-electron chi connectivity index (χ0n) is 13.0. The third-order valence-corrected chi connectivity index (χ3v) is 7.87. The van der Waals surface area contributed by atoms with Crippen LogP contribution in [0.1, 0.15) is 12.0 Å². The highest BCUT2D eigenvalue weighted by molar-refractivity contribution is 7.89. The van der Waals surface area contributed by atoms with Gasteiger partial charge in [-0.3, -0.25) is 4.79 Å². The van der Waals surface area contributed by atoms with E-state index in [2.05, 4.69) is 0 Å². The van der Waals surface area contributed by atoms with Crippen LogP contribution < -0.4 is 0 Å². The van der Waals surface area contributed by atoms with E-state index in [0.29, 0.717) is 23.6 Å². The van der Waals surface area contributed by atoms with Crippen LogP contribution >= 0.6 is 23.2 Å². The van der Waals surface area contributed by atoms with E-state index in [1.54, 1.807) is 6.92 Å². The SMILES string of the molecule is Cc1c(Cl)ccc(S(=O)(=O)N2C[C@@H]3COCC[C@]3(C(=O)O)C2)c1Cl. The number of carbonyl (C=O) groups is 1. The Hall–Kier alpha value is -0.860. The second-order valence-electron chi connectivity index (χ2n) is 6.27. The van der Waals surface area contributed by atoms with Crippen LogP contribution in [0.25, 0.3) is 0 Å². The first-order valence-electron chi connectivity index (χ1n) is 7.46. The molecule has 1 aromatic carbocycles. The van der Waals surface area contributed by atoms with Crippen molar-refractivity contribution in [3.8, 4) is 0 Å². The van der Waals surface area contributed by atoms with Crippen LogP contribution in [-0.4, -0.2) is 50.1 Å². The largest absolute Gasteiger partial charge is 0.481 e. The molecule has 2 aliphatic rings. The molecular formula is C15H17Cl2NO5S. The molecule has 24 heavy (non-hydrogen) atoms. The van der Waals surface area contributed by atoms with Crippen LogP contribution in [-0.2, 0) is 19.6 Å². The molecule has 0 amide bonds. The van der Waals surface area contributed by atoms with E-state index in [1.807, 2.05) is 0 Å². The molecular weight excluding hydrogens is 377 g/mol. The molecule has 0 aromatic heterocycles. The summed E-state index contributed by atoms with van der Waals surface area (Å²) in [6, 6.07) is 2.84. The van der Waals surface area contributed by atoms with Crippen molar-refractivity contribution in [2.24, 2.45) is 11.3 Å². The fourth-order valence-corrected chi connectivity index (χ4v) is 5.75. The normalized spacial score (nSPS) is 27.9. The van der Waals surface area contributed by atoms with Crippen LogP contribution in [0.3, 0.4) is 0 Å². The molecule has 0 bridgehead atoms. The molecule has 0 aliphatic carbocycles. The van der Waals surface area contributed by atoms with Gasteiger partial charge in [0.1, 0.15) is 4.90 Å². The van der Waals surface area contributed by atoms with Gasteiger partial charge in [0.2, 0.25) is 10.0 Å². The van der Waals surface area contributed by atoms with E-state index in [9.17, 15) is 18.3 Å². The Balaban J connectivity index is 2.00. The third kappa shape index (κ3) is 2.63. The van der Waals surface area contributed by atoms with Gasteiger partial charge in [-0.25, -0.2) is 8.42 Å². The van der Waals surface area contributed by atoms with Crippen LogP contribution in [0.2, 0.25) is 10.0 Å². The number of fused-ring (bicyclic) bond motifs is 1. The molecule has 2 fully saturated rings. The number of rotatable bonds is 3. The number of aliphatic carboxylic acids is 1. The average Bonchev–Trinajstić information content (AvgIpc) is 2.94. The molecule has 2 heterocycles. The summed E-state index contributed by atoms with van der Waals surface area (Å²) in [4.78, 5) is 11.8. The Morgan fingerprint density at radius 3 is 2.75 bits per heavy atom. The molecule has 2 aliphatic heterocycles. The predicted octanol–water partition coefficient (Wildman–Crippen LogP) is 2.41. The predicted molar refractivity (Wildman–Crippen MR) is 89.0 cm³/mol. The zero-order valence-corrected chi connectivity index (χ0v) is 15.3. The highest BCUT2D eigenvalue weighted by Crippen LogP contribution is 2.45. The van der Waals surface area contributed by atoms with E-state index in [4.69, 9.17) is 27.9 Å². The maximum absolute atomic E-state index is 13.0. The summed E-state index contributed by atoms with van der Waals surface area (Å²) >= 11 is 12.2. The number of carboxylic acids is 1. The number of benzene rings is 1. The molecule has 3 rings (SSSR count). The summed E-state index contributed by atoms with van der Waals surface area (Å²) < 4.78 is 32.5. The van der Waals surface area contributed by atoms with Crippen molar-refractivity contribution in [2.75, 3.05) is 26.3 Å². The Labute approximate surface area is 150 Å². The molecule has 0 unspecified atom stereocenters. The number of hydrogen-bond donors (Lipinski definition) is 1. The maximum atomic E-state index is 13.0. The highest BCUT2D eigenvalue weighted by Gasteiger charge is 2.56. The molecule has 1 N–H and O–H groups in total. The summed E-state index contributed by atoms with van der Waals surface area (Å²) in [5, 5.41) is 10.1. The van der Waals surface area contributed by atoms with Crippen molar-refractivity contribution in [3.05, 3.63) is 27.7 Å². The zero-order chi connectivity index (χ0) is 17.7. The minimum absolute atomic E-state index is 0.0498. The summed E-state index contributed by atoms with van der Waals surface area (Å²) in [7, 11) is -3.91. The van der Waals surface area contributed by atoms with Crippen molar-refractivity contribution in [1.82, 2.24) is 4.31 Å². The van der Waals surface area contributed by atoms with Crippen molar-refractivity contribution in [1.29, 1.82) is 0 Å². The fourth-order valence-electron chi connectivity index (χ4n) is 3.41. The van der Waals surface area contributed by atoms with Crippen LogP contribution in [0, 0.1) is 18.3 Å². The number of ether oxygens (including phenoxy) is 1. The van der Waals surface area contributed by atoms with Gasteiger partial charge in [0.25, 0.3) is 0 Å². The quantitative estimate of drug-likeness (QED) is 0.851. The lowest BCUT2D eigenvalue weighted by Crippen LogP contribution is -2.45. The first-order valence-corrected chi connectivity index (χ1v) is 9.65. The topological polar surface area (TPSA) is 83.9 Å². The standard InChI is InChI=1S/C15H17Cl2NO5S/c1-9-11(16)2-3-12(13(9)17)24(21,22)18-6-10-7-23-5-4-15(10,8-18)14(19)20/h2-3,10H,4-8H2,1H3,(H,19,20)/t10-,15+/m1/s1. The lowest BCUT2D eigenvalue weighted by atomic mass is 9.74. The maximum Gasteiger partial charge on any atom is 0.311 e. The summed E-state index contributed by atoms with van der Waals surface area (Å²) in [5.41, 5.74) is -0.619. The molecule has 2 saturated heterocycles. The number of halogens is 2. The van der Waals surface area contributed by atoms with Crippen LogP contribution in [0.15, 0.2) is 17.0 Å². The molecule has 9 heteroatoms. The molecule has 0 radical (unpaired) electrons. The van der Waals surface area contributed by atoms with Gasteiger partial charge in [-0.2, -0.15) is 4.31 Å². The van der Waals surface area contributed by atoms with Crippen LogP contribution in [0.5, 0.6) is 0 Å². The fraction of sp³-hybridized carbons (Fsp3) is 0.533. The molecule has 0 saturated carbocycles. The van der Waals surface area contributed by atoms with E-state index in [1.165, 1.54) is 16.4 Å². The van der Waals surface area contributed by atoms with Gasteiger partial charge in [0, 0.05) is 30.6 Å². The second-order valence-corrected chi connectivity index (χ2v) is 8.96. The minimum Gasteiger partial charge on any atom is -0.481 e. The molecule has 2 atom stereocenters. The van der Waals surface area contributed by atoms with Gasteiger partial charge >= 0.3 is 5.97 Å².